The van der Waals surface area contributed by atoms with Gasteiger partial charge in [-0.15, -0.1) is 11.3 Å². The van der Waals surface area contributed by atoms with Crippen LogP contribution >= 0.6 is 22.9 Å². The molecule has 0 fully saturated rings. The average Bonchev–Trinajstić information content (AvgIpc) is 3.17. The van der Waals surface area contributed by atoms with E-state index < -0.39 is 24.4 Å². The van der Waals surface area contributed by atoms with Gasteiger partial charge in [-0.3, -0.25) is 20.4 Å². The highest BCUT2D eigenvalue weighted by Gasteiger charge is 2.15. The number of esters is 1. The summed E-state index contributed by atoms with van der Waals surface area (Å²) in [6.07, 6.45) is 0. The Morgan fingerprint density at radius 1 is 1.14 bits per heavy atom. The zero-order chi connectivity index (χ0) is 20.1. The number of hydrazine groups is 1. The van der Waals surface area contributed by atoms with Crippen LogP contribution in [0.3, 0.4) is 0 Å². The van der Waals surface area contributed by atoms with E-state index in [1.807, 2.05) is 0 Å². The molecule has 1 aromatic heterocycles. The molecule has 1 heterocycles. The van der Waals surface area contributed by atoms with Gasteiger partial charge >= 0.3 is 5.97 Å². The molecule has 8 nitrogen and oxygen atoms in total. The van der Waals surface area contributed by atoms with Crippen molar-refractivity contribution in [1.82, 2.24) is 15.8 Å². The average molecular weight is 420 g/mol. The lowest BCUT2D eigenvalue weighted by Gasteiger charge is -2.11. The van der Waals surface area contributed by atoms with E-state index in [1.165, 1.54) is 30.6 Å². The molecule has 0 spiro atoms. The standard InChI is InChI=1S/C18H14ClN3O5S/c1-26-14-5-3-11(19)7-12(14)17(24)22-21-16(23)8-27-18(25)10-2-4-13-15(6-10)28-9-20-13/h2-7,9H,8H2,1H3,(H,21,23)(H,22,24). The Bertz CT molecular complexity index is 1050. The molecule has 0 atom stereocenters. The van der Waals surface area contributed by atoms with Crippen LogP contribution in [0.15, 0.2) is 41.9 Å². The van der Waals surface area contributed by atoms with Crippen molar-refractivity contribution >= 4 is 50.9 Å². The summed E-state index contributed by atoms with van der Waals surface area (Å²) in [5, 5.41) is 0.337. The van der Waals surface area contributed by atoms with E-state index in [9.17, 15) is 14.4 Å². The van der Waals surface area contributed by atoms with Crippen LogP contribution in [0.25, 0.3) is 10.2 Å². The Labute approximate surface area is 168 Å². The SMILES string of the molecule is COc1ccc(Cl)cc1C(=O)NNC(=O)COC(=O)c1ccc2ncsc2c1. The Morgan fingerprint density at radius 2 is 1.96 bits per heavy atom. The summed E-state index contributed by atoms with van der Waals surface area (Å²) in [5.74, 6) is -1.70. The van der Waals surface area contributed by atoms with Gasteiger partial charge in [0.05, 0.1) is 34.0 Å². The number of fused-ring (bicyclic) bond motifs is 1. The predicted octanol–water partition coefficient (Wildman–Crippen LogP) is 2.58. The molecular formula is C18H14ClN3O5S. The fourth-order valence-electron chi connectivity index (χ4n) is 2.28. The lowest BCUT2D eigenvalue weighted by atomic mass is 10.2. The Balaban J connectivity index is 1.52. The summed E-state index contributed by atoms with van der Waals surface area (Å²) in [6, 6.07) is 9.40. The van der Waals surface area contributed by atoms with Crippen molar-refractivity contribution in [2.24, 2.45) is 0 Å². The number of nitrogens with zero attached hydrogens (tertiary/aromatic N) is 1. The minimum atomic E-state index is -0.707. The summed E-state index contributed by atoms with van der Waals surface area (Å²) >= 11 is 7.26. The molecule has 0 bridgehead atoms. The quantitative estimate of drug-likeness (QED) is 0.486. The van der Waals surface area contributed by atoms with E-state index in [-0.39, 0.29) is 5.56 Å². The number of hydrogen-bond donors (Lipinski definition) is 2. The normalized spacial score (nSPS) is 10.4. The van der Waals surface area contributed by atoms with Crippen molar-refractivity contribution in [3.8, 4) is 5.75 Å². The van der Waals surface area contributed by atoms with Crippen molar-refractivity contribution in [2.75, 3.05) is 13.7 Å². The first-order valence-electron chi connectivity index (χ1n) is 7.91. The van der Waals surface area contributed by atoms with Crippen LogP contribution in [0.2, 0.25) is 5.02 Å². The van der Waals surface area contributed by atoms with Gasteiger partial charge in [-0.25, -0.2) is 9.78 Å². The number of thiazole rings is 1. The Kier molecular flexibility index (Phi) is 6.07. The fourth-order valence-corrected chi connectivity index (χ4v) is 3.17. The van der Waals surface area contributed by atoms with Gasteiger partial charge in [0.1, 0.15) is 5.75 Å². The Morgan fingerprint density at radius 3 is 2.75 bits per heavy atom. The van der Waals surface area contributed by atoms with Gasteiger partial charge in [0.25, 0.3) is 11.8 Å². The second-order valence-electron chi connectivity index (χ2n) is 5.46. The van der Waals surface area contributed by atoms with Crippen LogP contribution in [0.4, 0.5) is 0 Å². The third-order valence-corrected chi connectivity index (χ3v) is 4.65. The van der Waals surface area contributed by atoms with Crippen LogP contribution in [0.1, 0.15) is 20.7 Å². The molecule has 3 rings (SSSR count). The number of nitrogens with one attached hydrogen (secondary N) is 2. The summed E-state index contributed by atoms with van der Waals surface area (Å²) in [4.78, 5) is 40.2. The Hall–Kier alpha value is -3.17. The molecular weight excluding hydrogens is 406 g/mol. The summed E-state index contributed by atoms with van der Waals surface area (Å²) in [7, 11) is 1.40. The molecule has 2 N–H and O–H groups in total. The van der Waals surface area contributed by atoms with Gasteiger partial charge in [0.15, 0.2) is 6.61 Å². The number of carbonyl (C=O) groups is 3. The third-order valence-electron chi connectivity index (χ3n) is 3.62. The summed E-state index contributed by atoms with van der Waals surface area (Å²) in [6.45, 7) is -0.563. The molecule has 10 heteroatoms. The van der Waals surface area contributed by atoms with Gasteiger partial charge in [-0.05, 0) is 36.4 Å². The number of amides is 2. The third kappa shape index (κ3) is 4.56. The lowest BCUT2D eigenvalue weighted by molar-refractivity contribution is -0.125. The van der Waals surface area contributed by atoms with Crippen LogP contribution in [0, 0.1) is 0 Å². The molecule has 3 aromatic rings. The van der Waals surface area contributed by atoms with E-state index in [4.69, 9.17) is 21.1 Å². The fraction of sp³-hybridized carbons (Fsp3) is 0.111. The smallest absolute Gasteiger partial charge is 0.338 e. The molecule has 0 aliphatic carbocycles. The molecule has 0 aliphatic rings. The molecule has 0 saturated heterocycles. The number of carbonyl (C=O) groups excluding carboxylic acids is 3. The second kappa shape index (κ2) is 8.68. The number of halogens is 1. The topological polar surface area (TPSA) is 107 Å². The maximum absolute atomic E-state index is 12.2. The number of rotatable bonds is 5. The number of hydrogen-bond acceptors (Lipinski definition) is 7. The number of ether oxygens (including phenoxy) is 2. The molecule has 0 aliphatic heterocycles. The van der Waals surface area contributed by atoms with Crippen molar-refractivity contribution in [2.45, 2.75) is 0 Å². The molecule has 144 valence electrons. The van der Waals surface area contributed by atoms with Crippen molar-refractivity contribution in [1.29, 1.82) is 0 Å². The highest BCUT2D eigenvalue weighted by atomic mass is 35.5. The predicted molar refractivity (Wildman–Crippen MR) is 104 cm³/mol. The summed E-state index contributed by atoms with van der Waals surface area (Å²) < 4.78 is 10.9. The van der Waals surface area contributed by atoms with E-state index in [1.54, 1.807) is 29.8 Å². The number of benzene rings is 2. The maximum Gasteiger partial charge on any atom is 0.338 e. The zero-order valence-electron chi connectivity index (χ0n) is 14.5. The highest BCUT2D eigenvalue weighted by molar-refractivity contribution is 7.16. The molecule has 0 unspecified atom stereocenters. The van der Waals surface area contributed by atoms with Crippen molar-refractivity contribution < 1.29 is 23.9 Å². The van der Waals surface area contributed by atoms with E-state index in [2.05, 4.69) is 15.8 Å². The van der Waals surface area contributed by atoms with Gasteiger partial charge in [0, 0.05) is 5.02 Å². The largest absolute Gasteiger partial charge is 0.496 e. The minimum absolute atomic E-state index is 0.144. The summed E-state index contributed by atoms with van der Waals surface area (Å²) in [5.41, 5.74) is 7.27. The van der Waals surface area contributed by atoms with E-state index >= 15 is 0 Å². The minimum Gasteiger partial charge on any atom is -0.496 e. The van der Waals surface area contributed by atoms with Crippen LogP contribution in [-0.4, -0.2) is 36.5 Å². The molecule has 2 amide bonds. The van der Waals surface area contributed by atoms with Crippen LogP contribution < -0.4 is 15.6 Å². The monoisotopic (exact) mass is 419 g/mol. The highest BCUT2D eigenvalue weighted by Crippen LogP contribution is 2.22. The second-order valence-corrected chi connectivity index (χ2v) is 6.78. The number of methoxy groups -OCH3 is 1. The van der Waals surface area contributed by atoms with Crippen LogP contribution in [-0.2, 0) is 9.53 Å². The first-order chi connectivity index (χ1) is 13.5. The van der Waals surface area contributed by atoms with Crippen molar-refractivity contribution in [3.05, 3.63) is 58.1 Å². The molecule has 0 radical (unpaired) electrons. The van der Waals surface area contributed by atoms with E-state index in [0.717, 1.165) is 10.2 Å². The van der Waals surface area contributed by atoms with Gasteiger partial charge in [-0.1, -0.05) is 11.6 Å². The van der Waals surface area contributed by atoms with Crippen molar-refractivity contribution in [3.63, 3.8) is 0 Å². The molecule has 0 saturated carbocycles. The number of aromatic nitrogens is 1. The van der Waals surface area contributed by atoms with Crippen LogP contribution in [0.5, 0.6) is 5.75 Å². The molecule has 28 heavy (non-hydrogen) atoms. The van der Waals surface area contributed by atoms with Gasteiger partial charge in [0.2, 0.25) is 0 Å². The molecule has 2 aromatic carbocycles. The van der Waals surface area contributed by atoms with E-state index in [0.29, 0.717) is 16.3 Å². The first-order valence-corrected chi connectivity index (χ1v) is 9.17. The van der Waals surface area contributed by atoms with Gasteiger partial charge in [-0.2, -0.15) is 0 Å². The maximum atomic E-state index is 12.2. The first kappa shape index (κ1) is 19.6. The lowest BCUT2D eigenvalue weighted by Crippen LogP contribution is -2.43. The van der Waals surface area contributed by atoms with Gasteiger partial charge < -0.3 is 9.47 Å². The zero-order valence-corrected chi connectivity index (χ0v) is 16.1.